The number of esters is 1. The van der Waals surface area contributed by atoms with Crippen molar-refractivity contribution in [2.24, 2.45) is 0 Å². The van der Waals surface area contributed by atoms with E-state index >= 15 is 0 Å². The highest BCUT2D eigenvalue weighted by molar-refractivity contribution is 6.30. The van der Waals surface area contributed by atoms with Crippen molar-refractivity contribution in [1.29, 1.82) is 0 Å². The van der Waals surface area contributed by atoms with Crippen molar-refractivity contribution in [3.05, 3.63) is 76.3 Å². The normalized spacial score (nSPS) is 11.2. The standard InChI is InChI=1S/C21H21ClO4/c1-25-15-20(23)19(14-17-9-5-11-18(22)13-17)21(24)26-12-6-10-16-7-3-2-4-8-16/h2-5,7-9,11,13-14H,6,10,12,15H2,1H3. The van der Waals surface area contributed by atoms with Crippen molar-refractivity contribution in [3.63, 3.8) is 0 Å². The van der Waals surface area contributed by atoms with Gasteiger partial charge in [-0.3, -0.25) is 4.79 Å². The molecular weight excluding hydrogens is 352 g/mol. The Hall–Kier alpha value is -2.43. The molecule has 0 amide bonds. The van der Waals surface area contributed by atoms with Crippen LogP contribution in [-0.4, -0.2) is 32.1 Å². The third-order valence-corrected chi connectivity index (χ3v) is 3.88. The minimum Gasteiger partial charge on any atom is -0.462 e. The minimum atomic E-state index is -0.653. The first kappa shape index (κ1) is 19.9. The first-order valence-electron chi connectivity index (χ1n) is 8.30. The highest BCUT2D eigenvalue weighted by Crippen LogP contribution is 2.15. The monoisotopic (exact) mass is 372 g/mol. The van der Waals surface area contributed by atoms with Gasteiger partial charge in [-0.15, -0.1) is 0 Å². The maximum atomic E-state index is 12.4. The maximum absolute atomic E-state index is 12.4. The maximum Gasteiger partial charge on any atom is 0.341 e. The number of Topliss-reactive ketones (excluding diaryl/α,β-unsaturated/α-hetero) is 1. The zero-order valence-electron chi connectivity index (χ0n) is 14.6. The second kappa shape index (κ2) is 10.5. The van der Waals surface area contributed by atoms with E-state index in [-0.39, 0.29) is 18.8 Å². The van der Waals surface area contributed by atoms with Crippen LogP contribution in [0.25, 0.3) is 6.08 Å². The van der Waals surface area contributed by atoms with Crippen LogP contribution in [0.15, 0.2) is 60.2 Å². The van der Waals surface area contributed by atoms with Crippen LogP contribution in [-0.2, 0) is 25.5 Å². The van der Waals surface area contributed by atoms with Crippen LogP contribution in [0.5, 0.6) is 0 Å². The fraction of sp³-hybridized carbons (Fsp3) is 0.238. The Morgan fingerprint density at radius 3 is 2.54 bits per heavy atom. The Balaban J connectivity index is 2.00. The molecule has 0 saturated carbocycles. The molecule has 2 aromatic rings. The Bertz CT molecular complexity index is 769. The molecule has 4 nitrogen and oxygen atoms in total. The molecule has 0 saturated heterocycles. The lowest BCUT2D eigenvalue weighted by Gasteiger charge is -2.08. The van der Waals surface area contributed by atoms with Gasteiger partial charge in [-0.1, -0.05) is 54.1 Å². The molecule has 136 valence electrons. The fourth-order valence-corrected chi connectivity index (χ4v) is 2.59. The summed E-state index contributed by atoms with van der Waals surface area (Å²) >= 11 is 5.95. The average molecular weight is 373 g/mol. The lowest BCUT2D eigenvalue weighted by Crippen LogP contribution is -2.20. The largest absolute Gasteiger partial charge is 0.462 e. The topological polar surface area (TPSA) is 52.6 Å². The molecule has 0 aromatic heterocycles. The number of aryl methyl sites for hydroxylation is 1. The molecule has 0 radical (unpaired) electrons. The fourth-order valence-electron chi connectivity index (χ4n) is 2.39. The number of carbonyl (C=O) groups is 2. The molecule has 0 fully saturated rings. The number of methoxy groups -OCH3 is 1. The molecule has 0 N–H and O–H groups in total. The summed E-state index contributed by atoms with van der Waals surface area (Å²) in [6.07, 6.45) is 2.96. The van der Waals surface area contributed by atoms with Gasteiger partial charge >= 0.3 is 5.97 Å². The Labute approximate surface area is 158 Å². The van der Waals surface area contributed by atoms with E-state index in [9.17, 15) is 9.59 Å². The van der Waals surface area contributed by atoms with Gasteiger partial charge in [0.2, 0.25) is 0 Å². The lowest BCUT2D eigenvalue weighted by atomic mass is 10.1. The van der Waals surface area contributed by atoms with E-state index in [1.54, 1.807) is 24.3 Å². The highest BCUT2D eigenvalue weighted by atomic mass is 35.5. The van der Waals surface area contributed by atoms with Crippen molar-refractivity contribution in [2.75, 3.05) is 20.3 Å². The van der Waals surface area contributed by atoms with Crippen molar-refractivity contribution < 1.29 is 19.1 Å². The third-order valence-electron chi connectivity index (χ3n) is 3.64. The number of carbonyl (C=O) groups excluding carboxylic acids is 2. The molecular formula is C21H21ClO4. The Morgan fingerprint density at radius 2 is 1.85 bits per heavy atom. The summed E-state index contributed by atoms with van der Waals surface area (Å²) in [6.45, 7) is 0.0480. The van der Waals surface area contributed by atoms with Crippen LogP contribution in [0.3, 0.4) is 0 Å². The second-order valence-electron chi connectivity index (χ2n) is 5.69. The highest BCUT2D eigenvalue weighted by Gasteiger charge is 2.19. The number of ketones is 1. The van der Waals surface area contributed by atoms with Gasteiger partial charge < -0.3 is 9.47 Å². The number of benzene rings is 2. The van der Waals surface area contributed by atoms with Gasteiger partial charge in [0.05, 0.1) is 6.61 Å². The predicted octanol–water partition coefficient (Wildman–Crippen LogP) is 4.11. The number of hydrogen-bond donors (Lipinski definition) is 0. The molecule has 5 heteroatoms. The van der Waals surface area contributed by atoms with Gasteiger partial charge in [-0.2, -0.15) is 0 Å². The van der Waals surface area contributed by atoms with Crippen molar-refractivity contribution in [3.8, 4) is 0 Å². The van der Waals surface area contributed by atoms with Gasteiger partial charge in [0.25, 0.3) is 0 Å². The van der Waals surface area contributed by atoms with E-state index in [1.165, 1.54) is 18.7 Å². The summed E-state index contributed by atoms with van der Waals surface area (Å²) in [5.74, 6) is -1.08. The minimum absolute atomic E-state index is 0.0474. The Kier molecular flexibility index (Phi) is 8.06. The number of rotatable bonds is 9. The predicted molar refractivity (Wildman–Crippen MR) is 102 cm³/mol. The molecule has 2 rings (SSSR count). The van der Waals surface area contributed by atoms with Gasteiger partial charge in [0.15, 0.2) is 5.78 Å². The van der Waals surface area contributed by atoms with Crippen LogP contribution in [0.2, 0.25) is 5.02 Å². The van der Waals surface area contributed by atoms with Crippen LogP contribution in [0.4, 0.5) is 0 Å². The molecule has 0 heterocycles. The van der Waals surface area contributed by atoms with E-state index in [4.69, 9.17) is 21.1 Å². The molecule has 0 aliphatic rings. The molecule has 0 bridgehead atoms. The van der Waals surface area contributed by atoms with E-state index in [0.29, 0.717) is 17.0 Å². The van der Waals surface area contributed by atoms with E-state index in [0.717, 1.165) is 6.42 Å². The Morgan fingerprint density at radius 1 is 1.08 bits per heavy atom. The quantitative estimate of drug-likeness (QED) is 0.218. The van der Waals surface area contributed by atoms with E-state index < -0.39 is 11.8 Å². The third kappa shape index (κ3) is 6.47. The SMILES string of the molecule is COCC(=O)C(=Cc1cccc(Cl)c1)C(=O)OCCCc1ccccc1. The lowest BCUT2D eigenvalue weighted by molar-refractivity contribution is -0.140. The number of halogens is 1. The molecule has 0 aliphatic heterocycles. The number of hydrogen-bond acceptors (Lipinski definition) is 4. The second-order valence-corrected chi connectivity index (χ2v) is 6.13. The van der Waals surface area contributed by atoms with Crippen LogP contribution in [0, 0.1) is 0 Å². The van der Waals surface area contributed by atoms with Gasteiger partial charge in [-0.25, -0.2) is 4.79 Å². The average Bonchev–Trinajstić information content (AvgIpc) is 2.64. The smallest absolute Gasteiger partial charge is 0.341 e. The molecule has 26 heavy (non-hydrogen) atoms. The summed E-state index contributed by atoms with van der Waals surface area (Å²) in [7, 11) is 1.40. The van der Waals surface area contributed by atoms with Crippen LogP contribution < -0.4 is 0 Å². The molecule has 0 spiro atoms. The van der Waals surface area contributed by atoms with Gasteiger partial charge in [0.1, 0.15) is 12.2 Å². The first-order valence-corrected chi connectivity index (χ1v) is 8.68. The van der Waals surface area contributed by atoms with Crippen molar-refractivity contribution in [2.45, 2.75) is 12.8 Å². The summed E-state index contributed by atoms with van der Waals surface area (Å²) in [5, 5.41) is 0.522. The summed E-state index contributed by atoms with van der Waals surface area (Å²) in [5.41, 5.74) is 1.78. The van der Waals surface area contributed by atoms with E-state index in [1.807, 2.05) is 30.3 Å². The summed E-state index contributed by atoms with van der Waals surface area (Å²) < 4.78 is 10.1. The van der Waals surface area contributed by atoms with E-state index in [2.05, 4.69) is 0 Å². The van der Waals surface area contributed by atoms with Gasteiger partial charge in [0, 0.05) is 12.1 Å². The zero-order chi connectivity index (χ0) is 18.8. The molecule has 0 unspecified atom stereocenters. The zero-order valence-corrected chi connectivity index (χ0v) is 15.4. The first-order chi connectivity index (χ1) is 12.6. The van der Waals surface area contributed by atoms with Crippen molar-refractivity contribution in [1.82, 2.24) is 0 Å². The number of ether oxygens (including phenoxy) is 2. The van der Waals surface area contributed by atoms with Crippen molar-refractivity contribution >= 4 is 29.4 Å². The molecule has 0 aliphatic carbocycles. The summed E-state index contributed by atoms with van der Waals surface area (Å²) in [6, 6.07) is 16.8. The van der Waals surface area contributed by atoms with Crippen LogP contribution >= 0.6 is 11.6 Å². The van der Waals surface area contributed by atoms with Crippen LogP contribution in [0.1, 0.15) is 17.5 Å². The molecule has 2 aromatic carbocycles. The van der Waals surface area contributed by atoms with Gasteiger partial charge in [-0.05, 0) is 42.2 Å². The molecule has 0 atom stereocenters. The summed E-state index contributed by atoms with van der Waals surface area (Å²) in [4.78, 5) is 24.6.